The maximum Gasteiger partial charge on any atom is 0.0798 e. The van der Waals surface area contributed by atoms with Gasteiger partial charge in [0, 0.05) is 51.9 Å². The predicted octanol–water partition coefficient (Wildman–Crippen LogP) is 3.23. The SMILES string of the molecule is CC[N+](CC)(CC)CCCN1CCCCCN(Cc2ccccn2)CCNCC1. The van der Waals surface area contributed by atoms with Gasteiger partial charge in [-0.1, -0.05) is 12.5 Å². The maximum absolute atomic E-state index is 4.51. The molecule has 1 aliphatic rings. The van der Waals surface area contributed by atoms with Crippen LogP contribution in [0.15, 0.2) is 24.4 Å². The molecule has 1 aromatic rings. The van der Waals surface area contributed by atoms with Crippen molar-refractivity contribution in [1.29, 1.82) is 0 Å². The Morgan fingerprint density at radius 1 is 0.897 bits per heavy atom. The van der Waals surface area contributed by atoms with Crippen LogP contribution in [0.1, 0.15) is 52.1 Å². The molecular weight excluding hydrogens is 358 g/mol. The summed E-state index contributed by atoms with van der Waals surface area (Å²) >= 11 is 0. The van der Waals surface area contributed by atoms with E-state index >= 15 is 0 Å². The van der Waals surface area contributed by atoms with Crippen molar-refractivity contribution in [3.05, 3.63) is 30.1 Å². The van der Waals surface area contributed by atoms with Crippen LogP contribution in [0, 0.1) is 0 Å². The first-order valence-electron chi connectivity index (χ1n) is 12.1. The highest BCUT2D eigenvalue weighted by Gasteiger charge is 2.20. The Morgan fingerprint density at radius 2 is 1.59 bits per heavy atom. The number of hydrogen-bond donors (Lipinski definition) is 1. The molecule has 2 heterocycles. The lowest BCUT2D eigenvalue weighted by molar-refractivity contribution is -0.923. The molecule has 2 rings (SSSR count). The van der Waals surface area contributed by atoms with E-state index < -0.39 is 0 Å². The number of nitrogens with one attached hydrogen (secondary N) is 1. The molecule has 1 fully saturated rings. The Hall–Kier alpha value is -1.01. The van der Waals surface area contributed by atoms with Gasteiger partial charge >= 0.3 is 0 Å². The molecule has 0 spiro atoms. The van der Waals surface area contributed by atoms with Crippen LogP contribution in [-0.4, -0.2) is 91.3 Å². The molecule has 0 radical (unpaired) electrons. The third-order valence-electron chi connectivity index (χ3n) is 6.89. The van der Waals surface area contributed by atoms with E-state index in [-0.39, 0.29) is 0 Å². The van der Waals surface area contributed by atoms with Crippen LogP contribution in [0.4, 0.5) is 0 Å². The van der Waals surface area contributed by atoms with Gasteiger partial charge in [-0.25, -0.2) is 0 Å². The highest BCUT2D eigenvalue weighted by atomic mass is 15.3. The number of aromatic nitrogens is 1. The Bertz CT molecular complexity index is 495. The Kier molecular flexibility index (Phi) is 11.8. The van der Waals surface area contributed by atoms with Crippen molar-refractivity contribution in [2.75, 3.05) is 72.0 Å². The summed E-state index contributed by atoms with van der Waals surface area (Å²) in [7, 11) is 0. The summed E-state index contributed by atoms with van der Waals surface area (Å²) in [6.45, 7) is 21.3. The van der Waals surface area contributed by atoms with E-state index in [2.05, 4.69) is 53.0 Å². The minimum absolute atomic E-state index is 0.973. The molecule has 166 valence electrons. The lowest BCUT2D eigenvalue weighted by atomic mass is 10.2. The van der Waals surface area contributed by atoms with Gasteiger partial charge in [0.2, 0.25) is 0 Å². The second-order valence-electron chi connectivity index (χ2n) is 8.62. The third kappa shape index (κ3) is 9.12. The Morgan fingerprint density at radius 3 is 2.24 bits per heavy atom. The van der Waals surface area contributed by atoms with Gasteiger partial charge in [0.1, 0.15) is 0 Å². The van der Waals surface area contributed by atoms with Gasteiger partial charge in [0.15, 0.2) is 0 Å². The summed E-state index contributed by atoms with van der Waals surface area (Å²) < 4.78 is 1.28. The fraction of sp³-hybridized carbons (Fsp3) is 0.792. The summed E-state index contributed by atoms with van der Waals surface area (Å²) in [5.41, 5.74) is 1.19. The van der Waals surface area contributed by atoms with E-state index in [0.29, 0.717) is 0 Å². The molecular formula is C24H46N5+. The number of rotatable bonds is 9. The maximum atomic E-state index is 4.51. The minimum Gasteiger partial charge on any atom is -0.324 e. The summed E-state index contributed by atoms with van der Waals surface area (Å²) in [4.78, 5) is 9.77. The lowest BCUT2D eigenvalue weighted by Gasteiger charge is -2.36. The van der Waals surface area contributed by atoms with Crippen LogP contribution in [0.5, 0.6) is 0 Å². The zero-order chi connectivity index (χ0) is 20.8. The molecule has 5 nitrogen and oxygen atoms in total. The van der Waals surface area contributed by atoms with Gasteiger partial charge < -0.3 is 14.7 Å². The van der Waals surface area contributed by atoms with Gasteiger partial charge in [0.25, 0.3) is 0 Å². The van der Waals surface area contributed by atoms with Gasteiger partial charge in [-0.15, -0.1) is 0 Å². The van der Waals surface area contributed by atoms with Gasteiger partial charge in [-0.3, -0.25) is 9.88 Å². The molecule has 0 atom stereocenters. The fourth-order valence-electron chi connectivity index (χ4n) is 4.55. The van der Waals surface area contributed by atoms with Crippen molar-refractivity contribution in [2.45, 2.75) is 53.0 Å². The zero-order valence-corrected chi connectivity index (χ0v) is 19.4. The second-order valence-corrected chi connectivity index (χ2v) is 8.62. The van der Waals surface area contributed by atoms with Crippen molar-refractivity contribution in [2.24, 2.45) is 0 Å². The number of hydrogen-bond acceptors (Lipinski definition) is 4. The molecule has 0 bridgehead atoms. The molecule has 1 aromatic heterocycles. The van der Waals surface area contributed by atoms with Gasteiger partial charge in [0.05, 0.1) is 31.9 Å². The quantitative estimate of drug-likeness (QED) is 0.641. The van der Waals surface area contributed by atoms with Crippen LogP contribution >= 0.6 is 0 Å². The minimum atomic E-state index is 0.973. The van der Waals surface area contributed by atoms with Crippen molar-refractivity contribution in [1.82, 2.24) is 20.1 Å². The van der Waals surface area contributed by atoms with E-state index in [4.69, 9.17) is 0 Å². The molecule has 0 amide bonds. The molecule has 0 aromatic carbocycles. The molecule has 0 saturated carbocycles. The van der Waals surface area contributed by atoms with Crippen molar-refractivity contribution in [3.8, 4) is 0 Å². The van der Waals surface area contributed by atoms with Crippen molar-refractivity contribution in [3.63, 3.8) is 0 Å². The first-order valence-corrected chi connectivity index (χ1v) is 12.1. The standard InChI is InChI=1S/C24H46N5/c1-4-29(5-2,6-3)22-12-19-27-17-10-7-11-18-28(21-16-25-15-20-27)23-24-13-8-9-14-26-24/h8-9,13-14,25H,4-7,10-12,15-23H2,1-3H3/q+1. The summed E-state index contributed by atoms with van der Waals surface area (Å²) in [5.74, 6) is 0. The average Bonchev–Trinajstić information content (AvgIpc) is 2.75. The first kappa shape index (κ1) is 24.3. The molecule has 5 heteroatoms. The highest BCUT2D eigenvalue weighted by Crippen LogP contribution is 2.09. The number of nitrogens with zero attached hydrogens (tertiary/aromatic N) is 4. The van der Waals surface area contributed by atoms with E-state index in [1.165, 1.54) is 88.2 Å². The Labute approximate surface area is 180 Å². The fourth-order valence-corrected chi connectivity index (χ4v) is 4.55. The smallest absolute Gasteiger partial charge is 0.0798 e. The van der Waals surface area contributed by atoms with Crippen LogP contribution in [0.3, 0.4) is 0 Å². The molecule has 0 unspecified atom stereocenters. The third-order valence-corrected chi connectivity index (χ3v) is 6.89. The Balaban J connectivity index is 1.74. The van der Waals surface area contributed by atoms with Crippen molar-refractivity contribution < 1.29 is 4.48 Å². The van der Waals surface area contributed by atoms with E-state index in [1.54, 1.807) is 0 Å². The van der Waals surface area contributed by atoms with Crippen LogP contribution in [0.2, 0.25) is 0 Å². The molecule has 29 heavy (non-hydrogen) atoms. The van der Waals surface area contributed by atoms with Crippen molar-refractivity contribution >= 4 is 0 Å². The van der Waals surface area contributed by atoms with E-state index in [9.17, 15) is 0 Å². The van der Waals surface area contributed by atoms with Crippen LogP contribution in [-0.2, 0) is 6.54 Å². The first-order chi connectivity index (χ1) is 14.2. The monoisotopic (exact) mass is 404 g/mol. The zero-order valence-electron chi connectivity index (χ0n) is 19.4. The molecule has 1 saturated heterocycles. The second kappa shape index (κ2) is 14.1. The average molecular weight is 405 g/mol. The predicted molar refractivity (Wildman–Crippen MR) is 124 cm³/mol. The molecule has 1 aliphatic heterocycles. The summed E-state index contributed by atoms with van der Waals surface area (Å²) in [5, 5.41) is 3.68. The van der Waals surface area contributed by atoms with E-state index in [0.717, 1.165) is 26.2 Å². The lowest BCUT2D eigenvalue weighted by Crippen LogP contribution is -2.49. The van der Waals surface area contributed by atoms with Gasteiger partial charge in [-0.2, -0.15) is 0 Å². The summed E-state index contributed by atoms with van der Waals surface area (Å²) in [6.07, 6.45) is 7.19. The van der Waals surface area contributed by atoms with Crippen LogP contribution in [0.25, 0.3) is 0 Å². The number of pyridine rings is 1. The number of quaternary nitrogens is 1. The molecule has 0 aliphatic carbocycles. The molecule has 1 N–H and O–H groups in total. The van der Waals surface area contributed by atoms with Crippen LogP contribution < -0.4 is 5.32 Å². The largest absolute Gasteiger partial charge is 0.324 e. The van der Waals surface area contributed by atoms with Gasteiger partial charge in [-0.05, 0) is 58.8 Å². The summed E-state index contributed by atoms with van der Waals surface area (Å²) in [6, 6.07) is 6.24. The highest BCUT2D eigenvalue weighted by molar-refractivity contribution is 5.03. The normalized spacial score (nSPS) is 18.9. The topological polar surface area (TPSA) is 31.4 Å². The van der Waals surface area contributed by atoms with E-state index in [1.807, 2.05) is 12.3 Å².